The molecule has 106 valence electrons. The number of hydrogen-bond acceptors (Lipinski definition) is 3. The lowest BCUT2D eigenvalue weighted by Crippen LogP contribution is -2.53. The normalized spacial score (nSPS) is 29.4. The van der Waals surface area contributed by atoms with E-state index in [0.29, 0.717) is 24.6 Å². The molecule has 0 saturated carbocycles. The number of ether oxygens (including phenoxy) is 1. The van der Waals surface area contributed by atoms with Gasteiger partial charge in [-0.3, -0.25) is 4.90 Å². The van der Waals surface area contributed by atoms with Crippen molar-refractivity contribution >= 4 is 0 Å². The second-order valence-electron chi connectivity index (χ2n) is 5.60. The highest BCUT2D eigenvalue weighted by atomic mass is 16.5. The van der Waals surface area contributed by atoms with Crippen molar-refractivity contribution in [2.75, 3.05) is 32.8 Å². The molecule has 1 aliphatic rings. The molecule has 0 aliphatic carbocycles. The third-order valence-electron chi connectivity index (χ3n) is 4.04. The Morgan fingerprint density at radius 2 is 2.17 bits per heavy atom. The van der Waals surface area contributed by atoms with Gasteiger partial charge in [-0.25, -0.2) is 0 Å². The van der Waals surface area contributed by atoms with Crippen LogP contribution in [0, 0.1) is 5.92 Å². The van der Waals surface area contributed by atoms with Gasteiger partial charge in [-0.1, -0.05) is 26.0 Å². The molecule has 0 spiro atoms. The van der Waals surface area contributed by atoms with Gasteiger partial charge in [0.1, 0.15) is 0 Å². The van der Waals surface area contributed by atoms with Crippen molar-refractivity contribution in [3.63, 3.8) is 0 Å². The first kappa shape index (κ1) is 15.7. The van der Waals surface area contributed by atoms with Gasteiger partial charge in [0.05, 0.1) is 13.2 Å². The molecule has 3 atom stereocenters. The van der Waals surface area contributed by atoms with Gasteiger partial charge in [-0.15, -0.1) is 0 Å². The summed E-state index contributed by atoms with van der Waals surface area (Å²) in [6, 6.07) is 1.31. The SMILES string of the molecule is C=C(C)COCCN1CCC(NCC)C(C)C1C. The minimum absolute atomic E-state index is 0.635. The van der Waals surface area contributed by atoms with Crippen LogP contribution in [-0.4, -0.2) is 49.8 Å². The van der Waals surface area contributed by atoms with Crippen LogP contribution < -0.4 is 5.32 Å². The van der Waals surface area contributed by atoms with E-state index in [4.69, 9.17) is 4.74 Å². The quantitative estimate of drug-likeness (QED) is 0.557. The van der Waals surface area contributed by atoms with E-state index in [9.17, 15) is 0 Å². The predicted octanol–water partition coefficient (Wildman–Crippen LogP) is 2.29. The van der Waals surface area contributed by atoms with Gasteiger partial charge in [-0.2, -0.15) is 0 Å². The van der Waals surface area contributed by atoms with E-state index in [1.54, 1.807) is 0 Å². The third-order valence-corrected chi connectivity index (χ3v) is 4.04. The molecule has 1 rings (SSSR count). The zero-order chi connectivity index (χ0) is 13.5. The molecule has 0 aromatic heterocycles. The molecule has 1 N–H and O–H groups in total. The summed E-state index contributed by atoms with van der Waals surface area (Å²) in [5.74, 6) is 0.708. The fourth-order valence-corrected chi connectivity index (χ4v) is 2.73. The highest BCUT2D eigenvalue weighted by Gasteiger charge is 2.31. The van der Waals surface area contributed by atoms with Crippen molar-refractivity contribution in [3.05, 3.63) is 12.2 Å². The summed E-state index contributed by atoms with van der Waals surface area (Å²) in [4.78, 5) is 2.55. The number of nitrogens with zero attached hydrogens (tertiary/aromatic N) is 1. The maximum atomic E-state index is 5.60. The van der Waals surface area contributed by atoms with Gasteiger partial charge in [-0.05, 0) is 32.7 Å². The maximum Gasteiger partial charge on any atom is 0.0672 e. The van der Waals surface area contributed by atoms with Gasteiger partial charge in [0, 0.05) is 25.2 Å². The van der Waals surface area contributed by atoms with Crippen molar-refractivity contribution < 1.29 is 4.74 Å². The van der Waals surface area contributed by atoms with E-state index in [1.807, 2.05) is 6.92 Å². The average molecular weight is 254 g/mol. The standard InChI is InChI=1S/C15H30N2O/c1-6-16-15-7-8-17(14(5)13(15)4)9-10-18-11-12(2)3/h13-16H,2,6-11H2,1,3-5H3. The predicted molar refractivity (Wildman–Crippen MR) is 77.9 cm³/mol. The summed E-state index contributed by atoms with van der Waals surface area (Å²) in [5.41, 5.74) is 1.10. The van der Waals surface area contributed by atoms with Crippen LogP contribution >= 0.6 is 0 Å². The topological polar surface area (TPSA) is 24.5 Å². The first-order valence-electron chi connectivity index (χ1n) is 7.25. The number of nitrogens with one attached hydrogen (secondary N) is 1. The Kier molecular flexibility index (Phi) is 6.90. The Labute approximate surface area is 113 Å². The molecule has 1 aliphatic heterocycles. The van der Waals surface area contributed by atoms with Gasteiger partial charge in [0.25, 0.3) is 0 Å². The molecule has 1 heterocycles. The molecule has 3 unspecified atom stereocenters. The minimum atomic E-state index is 0.635. The van der Waals surface area contributed by atoms with E-state index in [0.717, 1.165) is 25.3 Å². The first-order valence-corrected chi connectivity index (χ1v) is 7.25. The van der Waals surface area contributed by atoms with Gasteiger partial charge in [0.2, 0.25) is 0 Å². The fraction of sp³-hybridized carbons (Fsp3) is 0.867. The Balaban J connectivity index is 2.29. The minimum Gasteiger partial charge on any atom is -0.376 e. The monoisotopic (exact) mass is 254 g/mol. The smallest absolute Gasteiger partial charge is 0.0672 e. The zero-order valence-corrected chi connectivity index (χ0v) is 12.5. The average Bonchev–Trinajstić information content (AvgIpc) is 2.33. The summed E-state index contributed by atoms with van der Waals surface area (Å²) in [7, 11) is 0. The van der Waals surface area contributed by atoms with Crippen LogP contribution in [0.15, 0.2) is 12.2 Å². The highest BCUT2D eigenvalue weighted by Crippen LogP contribution is 2.23. The van der Waals surface area contributed by atoms with Crippen LogP contribution in [0.2, 0.25) is 0 Å². The zero-order valence-electron chi connectivity index (χ0n) is 12.5. The molecular formula is C15H30N2O. The molecule has 0 aromatic rings. The molecule has 1 saturated heterocycles. The van der Waals surface area contributed by atoms with E-state index in [1.165, 1.54) is 13.0 Å². The van der Waals surface area contributed by atoms with Gasteiger partial charge in [0.15, 0.2) is 0 Å². The van der Waals surface area contributed by atoms with Crippen molar-refractivity contribution in [3.8, 4) is 0 Å². The largest absolute Gasteiger partial charge is 0.376 e. The Morgan fingerprint density at radius 1 is 1.44 bits per heavy atom. The summed E-state index contributed by atoms with van der Waals surface area (Å²) in [6.07, 6.45) is 1.25. The molecule has 0 aromatic carbocycles. The third kappa shape index (κ3) is 4.71. The van der Waals surface area contributed by atoms with E-state index in [2.05, 4.69) is 37.6 Å². The lowest BCUT2D eigenvalue weighted by molar-refractivity contribution is 0.0502. The number of rotatable bonds is 7. The second-order valence-corrected chi connectivity index (χ2v) is 5.60. The molecule has 3 heteroatoms. The molecule has 0 bridgehead atoms. The summed E-state index contributed by atoms with van der Waals surface area (Å²) in [6.45, 7) is 17.5. The molecular weight excluding hydrogens is 224 g/mol. The van der Waals surface area contributed by atoms with Gasteiger partial charge >= 0.3 is 0 Å². The van der Waals surface area contributed by atoms with Crippen LogP contribution in [0.5, 0.6) is 0 Å². The molecule has 0 radical (unpaired) electrons. The number of piperidine rings is 1. The summed E-state index contributed by atoms with van der Waals surface area (Å²) >= 11 is 0. The first-order chi connectivity index (χ1) is 8.56. The number of likely N-dealkylation sites (tertiary alicyclic amines) is 1. The Hall–Kier alpha value is -0.380. The fourth-order valence-electron chi connectivity index (χ4n) is 2.73. The van der Waals surface area contributed by atoms with Crippen molar-refractivity contribution in [1.29, 1.82) is 0 Å². The van der Waals surface area contributed by atoms with E-state index >= 15 is 0 Å². The van der Waals surface area contributed by atoms with Crippen molar-refractivity contribution in [1.82, 2.24) is 10.2 Å². The second kappa shape index (κ2) is 7.93. The highest BCUT2D eigenvalue weighted by molar-refractivity contribution is 4.89. The van der Waals surface area contributed by atoms with Gasteiger partial charge < -0.3 is 10.1 Å². The Bertz CT molecular complexity index is 255. The van der Waals surface area contributed by atoms with Crippen LogP contribution in [0.4, 0.5) is 0 Å². The molecule has 3 nitrogen and oxygen atoms in total. The van der Waals surface area contributed by atoms with Crippen LogP contribution in [-0.2, 0) is 4.74 Å². The van der Waals surface area contributed by atoms with E-state index in [-0.39, 0.29) is 0 Å². The van der Waals surface area contributed by atoms with Crippen LogP contribution in [0.1, 0.15) is 34.1 Å². The van der Waals surface area contributed by atoms with Crippen LogP contribution in [0.3, 0.4) is 0 Å². The Morgan fingerprint density at radius 3 is 2.78 bits per heavy atom. The van der Waals surface area contributed by atoms with Crippen LogP contribution in [0.25, 0.3) is 0 Å². The van der Waals surface area contributed by atoms with E-state index < -0.39 is 0 Å². The summed E-state index contributed by atoms with van der Waals surface area (Å²) in [5, 5.41) is 3.60. The van der Waals surface area contributed by atoms with Crippen molar-refractivity contribution in [2.24, 2.45) is 5.92 Å². The van der Waals surface area contributed by atoms with Crippen molar-refractivity contribution in [2.45, 2.75) is 46.2 Å². The molecule has 18 heavy (non-hydrogen) atoms. The lowest BCUT2D eigenvalue weighted by atomic mass is 9.87. The lowest BCUT2D eigenvalue weighted by Gasteiger charge is -2.43. The number of hydrogen-bond donors (Lipinski definition) is 1. The molecule has 0 amide bonds. The summed E-state index contributed by atoms with van der Waals surface area (Å²) < 4.78 is 5.60. The molecule has 1 fully saturated rings. The maximum absolute atomic E-state index is 5.60.